The molecule has 0 unspecified atom stereocenters. The van der Waals surface area contributed by atoms with Crippen LogP contribution in [0.15, 0.2) is 72.9 Å². The number of aromatic nitrogens is 2. The zero-order valence-electron chi connectivity index (χ0n) is 16.2. The molecule has 1 N–H and O–H groups in total. The number of carboxylic acid groups (broad SMARTS) is 1. The van der Waals surface area contributed by atoms with Crippen molar-refractivity contribution in [2.45, 2.75) is 6.61 Å². The standard InChI is InChI=1S/C18H10NO.C6H5NO2.Ir.Y/c1-2-6-13(7-3-1)16-10-11-17-18(19-16)15-9-5-4-8-14(15)12-20-17;8-6(9)5-3-1-2-4-7-5;;/h1-6,8,11H,12H2;1-4H,(H,8,9);;/q-3;;;. The van der Waals surface area contributed by atoms with Gasteiger partial charge in [0.2, 0.25) is 0 Å². The van der Waals surface area contributed by atoms with Gasteiger partial charge >= 0.3 is 5.97 Å². The average molecular weight is 661 g/mol. The largest absolute Gasteiger partial charge is 0.562 e. The van der Waals surface area contributed by atoms with Gasteiger partial charge in [-0.15, -0.1) is 41.6 Å². The second kappa shape index (κ2) is 12.0. The number of hydrogen-bond donors (Lipinski definition) is 1. The van der Waals surface area contributed by atoms with Crippen LogP contribution >= 0.6 is 0 Å². The van der Waals surface area contributed by atoms with Gasteiger partial charge in [-0.25, -0.2) is 27.5 Å². The van der Waals surface area contributed by atoms with Crippen molar-refractivity contribution >= 4 is 5.97 Å². The van der Waals surface area contributed by atoms with E-state index in [4.69, 9.17) is 9.84 Å². The van der Waals surface area contributed by atoms with Gasteiger partial charge in [0.25, 0.3) is 0 Å². The van der Waals surface area contributed by atoms with Gasteiger partial charge in [0.1, 0.15) is 5.69 Å². The maximum absolute atomic E-state index is 10.1. The van der Waals surface area contributed by atoms with E-state index in [2.05, 4.69) is 28.2 Å². The van der Waals surface area contributed by atoms with E-state index >= 15 is 0 Å². The van der Waals surface area contributed by atoms with Gasteiger partial charge in [0, 0.05) is 64.8 Å². The third kappa shape index (κ3) is 6.14. The quantitative estimate of drug-likeness (QED) is 0.322. The summed E-state index contributed by atoms with van der Waals surface area (Å²) in [6.45, 7) is 0.562. The number of fused-ring (bicyclic) bond motifs is 3. The Morgan fingerprint density at radius 1 is 1.00 bits per heavy atom. The van der Waals surface area contributed by atoms with Crippen molar-refractivity contribution in [2.24, 2.45) is 0 Å². The Bertz CT molecular complexity index is 1140. The molecule has 1 aliphatic rings. The van der Waals surface area contributed by atoms with Crippen LogP contribution in [0.1, 0.15) is 16.1 Å². The summed E-state index contributed by atoms with van der Waals surface area (Å²) in [5.41, 5.74) is 4.74. The van der Waals surface area contributed by atoms with E-state index in [-0.39, 0.29) is 58.5 Å². The number of carbonyl (C=O) groups is 1. The fraction of sp³-hybridized carbons (Fsp3) is 0.0417. The van der Waals surface area contributed by atoms with Crippen LogP contribution in [-0.4, -0.2) is 21.0 Å². The predicted octanol–water partition coefficient (Wildman–Crippen LogP) is 4.48. The molecule has 7 heteroatoms. The van der Waals surface area contributed by atoms with E-state index in [0.29, 0.717) is 6.61 Å². The molecule has 1 aliphatic heterocycles. The third-order valence-electron chi connectivity index (χ3n) is 4.21. The summed E-state index contributed by atoms with van der Waals surface area (Å²) in [6.07, 6.45) is 1.45. The van der Waals surface area contributed by atoms with Crippen LogP contribution in [0.4, 0.5) is 0 Å². The summed E-state index contributed by atoms with van der Waals surface area (Å²) < 4.78 is 5.72. The zero-order valence-corrected chi connectivity index (χ0v) is 21.4. The van der Waals surface area contributed by atoms with Crippen molar-refractivity contribution < 1.29 is 67.5 Å². The fourth-order valence-corrected chi connectivity index (χ4v) is 2.83. The Morgan fingerprint density at radius 2 is 1.81 bits per heavy atom. The van der Waals surface area contributed by atoms with Gasteiger partial charge in [0.15, 0.2) is 0 Å². The fourth-order valence-electron chi connectivity index (χ4n) is 2.83. The molecule has 0 bridgehead atoms. The molecular formula is C24H15IrN2O3Y-3. The predicted molar refractivity (Wildman–Crippen MR) is 107 cm³/mol. The third-order valence-corrected chi connectivity index (χ3v) is 4.21. The van der Waals surface area contributed by atoms with Crippen LogP contribution in [-0.2, 0) is 59.4 Å². The molecule has 0 fully saturated rings. The molecular weight excluding hydrogens is 645 g/mol. The molecule has 0 amide bonds. The summed E-state index contributed by atoms with van der Waals surface area (Å²) in [4.78, 5) is 18.4. The molecule has 0 atom stereocenters. The van der Waals surface area contributed by atoms with Gasteiger partial charge in [-0.3, -0.25) is 0 Å². The van der Waals surface area contributed by atoms with Crippen LogP contribution in [0.3, 0.4) is 0 Å². The molecule has 2 aromatic carbocycles. The van der Waals surface area contributed by atoms with E-state index in [0.717, 1.165) is 33.8 Å². The molecule has 154 valence electrons. The minimum absolute atomic E-state index is 0. The molecule has 4 aromatic rings. The van der Waals surface area contributed by atoms with Crippen molar-refractivity contribution in [1.29, 1.82) is 0 Å². The number of pyridine rings is 2. The number of carboxylic acids is 1. The van der Waals surface area contributed by atoms with E-state index < -0.39 is 5.97 Å². The minimum atomic E-state index is -0.990. The Hall–Kier alpha value is -2.24. The summed E-state index contributed by atoms with van der Waals surface area (Å²) in [5.74, 6) is -0.227. The molecule has 2 radical (unpaired) electrons. The van der Waals surface area contributed by atoms with Crippen LogP contribution in [0, 0.1) is 18.2 Å². The van der Waals surface area contributed by atoms with Crippen LogP contribution in [0.2, 0.25) is 0 Å². The second-order valence-electron chi connectivity index (χ2n) is 6.12. The van der Waals surface area contributed by atoms with Gasteiger partial charge in [-0.2, -0.15) is 24.3 Å². The smallest absolute Gasteiger partial charge is 0.354 e. The normalized spacial score (nSPS) is 10.5. The SMILES string of the molecule is O=C(O)c1ccccn1.[Ir].[Y].[c-]1ccccc1-c1[c-]cc2c(n1)-c1[c-]cccc1CO2. The monoisotopic (exact) mass is 661 g/mol. The number of hydrogen-bond acceptors (Lipinski definition) is 4. The topological polar surface area (TPSA) is 72.3 Å². The molecule has 5 nitrogen and oxygen atoms in total. The second-order valence-corrected chi connectivity index (χ2v) is 6.12. The Morgan fingerprint density at radius 3 is 2.48 bits per heavy atom. The van der Waals surface area contributed by atoms with Crippen LogP contribution in [0.25, 0.3) is 22.5 Å². The molecule has 31 heavy (non-hydrogen) atoms. The summed E-state index contributed by atoms with van der Waals surface area (Å²) in [7, 11) is 0. The molecule has 0 saturated heterocycles. The molecule has 2 aromatic heterocycles. The Balaban J connectivity index is 0.000000267. The zero-order chi connectivity index (χ0) is 20.1. The summed E-state index contributed by atoms with van der Waals surface area (Å²) in [5, 5.41) is 8.32. The van der Waals surface area contributed by atoms with Gasteiger partial charge in [-0.05, 0) is 17.8 Å². The summed E-state index contributed by atoms with van der Waals surface area (Å²) in [6, 6.07) is 29.9. The van der Waals surface area contributed by atoms with E-state index in [1.807, 2.05) is 48.5 Å². The first-order chi connectivity index (χ1) is 14.2. The number of rotatable bonds is 2. The van der Waals surface area contributed by atoms with Crippen molar-refractivity contribution in [3.63, 3.8) is 0 Å². The van der Waals surface area contributed by atoms with Gasteiger partial charge in [-0.1, -0.05) is 11.6 Å². The van der Waals surface area contributed by atoms with Gasteiger partial charge in [0.05, 0.1) is 6.61 Å². The first kappa shape index (κ1) is 25.0. The van der Waals surface area contributed by atoms with E-state index in [9.17, 15) is 4.79 Å². The van der Waals surface area contributed by atoms with Crippen molar-refractivity contribution in [1.82, 2.24) is 9.97 Å². The minimum Gasteiger partial charge on any atom is -0.562 e. The maximum atomic E-state index is 10.1. The number of aromatic carboxylic acids is 1. The number of nitrogens with zero attached hydrogens (tertiary/aromatic N) is 2. The van der Waals surface area contributed by atoms with Crippen molar-refractivity contribution in [2.75, 3.05) is 0 Å². The molecule has 0 aliphatic carbocycles. The molecule has 5 rings (SSSR count). The molecule has 3 heterocycles. The van der Waals surface area contributed by atoms with Crippen LogP contribution in [0.5, 0.6) is 5.75 Å². The van der Waals surface area contributed by atoms with E-state index in [1.165, 1.54) is 12.3 Å². The van der Waals surface area contributed by atoms with Crippen LogP contribution < -0.4 is 4.74 Å². The first-order valence-corrected chi connectivity index (χ1v) is 8.89. The Labute approximate surface area is 219 Å². The van der Waals surface area contributed by atoms with Crippen molar-refractivity contribution in [3.8, 4) is 28.3 Å². The average Bonchev–Trinajstić information content (AvgIpc) is 2.80. The first-order valence-electron chi connectivity index (χ1n) is 8.89. The van der Waals surface area contributed by atoms with Crippen molar-refractivity contribution in [3.05, 3.63) is 102 Å². The number of benzene rings is 2. The Kier molecular flexibility index (Phi) is 9.66. The number of ether oxygens (including phenoxy) is 1. The van der Waals surface area contributed by atoms with E-state index in [1.54, 1.807) is 12.1 Å². The maximum Gasteiger partial charge on any atom is 0.354 e. The summed E-state index contributed by atoms with van der Waals surface area (Å²) >= 11 is 0. The molecule has 0 saturated carbocycles. The van der Waals surface area contributed by atoms with Gasteiger partial charge < -0.3 is 14.8 Å². The molecule has 0 spiro atoms.